The number of rotatable bonds is 19. The number of amides is 2. The molecule has 0 fully saturated rings. The van der Waals surface area contributed by atoms with Crippen LogP contribution < -0.4 is 45.8 Å². The Morgan fingerprint density at radius 1 is 0.977 bits per heavy atom. The molecular formula is C51H73Cl6F2N12O12PS2. The Bertz CT molecular complexity index is 3210. The molecule has 0 bridgehead atoms. The van der Waals surface area contributed by atoms with Crippen molar-refractivity contribution < 1.29 is 60.5 Å². The van der Waals surface area contributed by atoms with Crippen LogP contribution in [0.5, 0.6) is 5.75 Å². The first kappa shape index (κ1) is 79.2. The number of fused-ring (bicyclic) bond motifs is 1. The summed E-state index contributed by atoms with van der Waals surface area (Å²) >= 11 is 34.6. The van der Waals surface area contributed by atoms with Crippen LogP contribution in [0, 0.1) is 13.8 Å². The maximum absolute atomic E-state index is 12.8. The number of benzene rings is 3. The first-order valence-electron chi connectivity index (χ1n) is 25.5. The molecule has 3 unspecified atom stereocenters. The standard InChI is InChI=1S/C15H22ClNO2.C11H10Cl2F2N4O3S.C11H11Cl2NO2.C8H14ClN5.C3H8NO5P.C3H9S/c1-5-13-8-6-7-11(2)15(13)17(14(18)9-16)12(3)10-19-4;1-5-16-19(11(20)18(5)10(14)15)9-4-8(17-23(2,21)22)6(12)3-7(9)13;1-7-6-16-9-5-3-2-4-8(9)14(7)11(15)10(12)13;1-4-10-7-12-6(9)13-8(14-7)11-5(2)3;5-3(6)1-4-2-10(7,8)9;1-4(2)3/h6-8,12H,5,9-10H2,1-4H3;3-4,10,17H,1-2H3;2-5,7,10H,6H2,1H3;5H,4H2,1-3H3,(H2,10,11,12,13,14);4H,1-2H2,(H,5,6)(H2,7,8,9);1-3H3/q;;;;;+1/p-1. The molecule has 86 heavy (non-hydrogen) atoms. The molecule has 0 spiro atoms. The summed E-state index contributed by atoms with van der Waals surface area (Å²) in [7, 11) is -5.72. The van der Waals surface area contributed by atoms with Gasteiger partial charge in [0.25, 0.3) is 5.91 Å². The molecular weight excluding hydrogens is 1320 g/mol. The smallest absolute Gasteiger partial charge is 0.355 e. The zero-order valence-corrected chi connectivity index (χ0v) is 56.4. The van der Waals surface area contributed by atoms with Crippen molar-refractivity contribution in [3.05, 3.63) is 97.4 Å². The lowest BCUT2D eigenvalue weighted by Gasteiger charge is -2.35. The number of halogens is 8. The number of methoxy groups -OCH3 is 1. The molecule has 3 atom stereocenters. The highest BCUT2D eigenvalue weighted by molar-refractivity contribution is 7.94. The fourth-order valence-electron chi connectivity index (χ4n) is 7.11. The highest BCUT2D eigenvalue weighted by atomic mass is 35.5. The molecule has 1 aliphatic rings. The monoisotopic (exact) mass is 1390 g/mol. The largest absolute Gasteiger partial charge is 0.778 e. The molecule has 0 radical (unpaired) electrons. The first-order chi connectivity index (χ1) is 39.9. The van der Waals surface area contributed by atoms with Gasteiger partial charge in [-0.3, -0.25) is 24.4 Å². The van der Waals surface area contributed by atoms with Crippen LogP contribution in [-0.2, 0) is 51.0 Å². The second-order valence-electron chi connectivity index (χ2n) is 18.7. The number of hydrogen-bond donors (Lipinski definition) is 6. The summed E-state index contributed by atoms with van der Waals surface area (Å²) in [6.45, 7) is 13.3. The third kappa shape index (κ3) is 28.1. The van der Waals surface area contributed by atoms with E-state index in [-0.39, 0.29) is 72.9 Å². The van der Waals surface area contributed by atoms with Gasteiger partial charge in [0.15, 0.2) is 4.84 Å². The van der Waals surface area contributed by atoms with Gasteiger partial charge in [0.1, 0.15) is 31.7 Å². The molecule has 3 aromatic carbocycles. The molecule has 482 valence electrons. The lowest BCUT2D eigenvalue weighted by Crippen LogP contribution is -2.47. The van der Waals surface area contributed by atoms with Crippen molar-refractivity contribution >= 4 is 145 Å². The molecule has 0 aliphatic carbocycles. The van der Waals surface area contributed by atoms with Gasteiger partial charge in [0.2, 0.25) is 33.1 Å². The van der Waals surface area contributed by atoms with Crippen molar-refractivity contribution in [2.75, 3.05) is 95.8 Å². The minimum atomic E-state index is -4.35. The van der Waals surface area contributed by atoms with Crippen molar-refractivity contribution in [3.8, 4) is 11.4 Å². The van der Waals surface area contributed by atoms with Crippen LogP contribution in [-0.4, -0.2) is 159 Å². The van der Waals surface area contributed by atoms with Crippen LogP contribution in [0.15, 0.2) is 59.4 Å². The summed E-state index contributed by atoms with van der Waals surface area (Å²) in [4.78, 5) is 78.2. The second-order valence-corrected chi connectivity index (χ2v) is 27.0. The third-order valence-corrected chi connectivity index (χ3v) is 12.9. The Labute approximate surface area is 532 Å². The molecule has 6 rings (SSSR count). The Morgan fingerprint density at radius 2 is 1.58 bits per heavy atom. The van der Waals surface area contributed by atoms with Gasteiger partial charge in [-0.1, -0.05) is 83.7 Å². The van der Waals surface area contributed by atoms with Crippen molar-refractivity contribution in [1.29, 1.82) is 0 Å². The summed E-state index contributed by atoms with van der Waals surface area (Å²) in [5.41, 5.74) is 2.66. The maximum atomic E-state index is 12.8. The van der Waals surface area contributed by atoms with Gasteiger partial charge < -0.3 is 49.4 Å². The highest BCUT2D eigenvalue weighted by Crippen LogP contribution is 2.35. The highest BCUT2D eigenvalue weighted by Gasteiger charge is 2.32. The number of aliphatic carboxylic acids is 1. The van der Waals surface area contributed by atoms with Crippen LogP contribution in [0.2, 0.25) is 15.3 Å². The lowest BCUT2D eigenvalue weighted by atomic mass is 10.0. The number of carboxylic acid groups (broad SMARTS) is 1. The number of para-hydroxylation sites is 3. The van der Waals surface area contributed by atoms with E-state index in [2.05, 4.69) is 67.2 Å². The van der Waals surface area contributed by atoms with Gasteiger partial charge in [0.05, 0.1) is 89.3 Å². The first-order valence-corrected chi connectivity index (χ1v) is 34.2. The number of carboxylic acids is 1. The quantitative estimate of drug-likeness (QED) is 0.0256. The van der Waals surface area contributed by atoms with Crippen LogP contribution in [0.25, 0.3) is 5.69 Å². The van der Waals surface area contributed by atoms with E-state index in [0.29, 0.717) is 46.4 Å². The Balaban J connectivity index is 0.000000540. The van der Waals surface area contributed by atoms with E-state index in [1.54, 1.807) is 16.9 Å². The van der Waals surface area contributed by atoms with Gasteiger partial charge in [-0.25, -0.2) is 17.8 Å². The summed E-state index contributed by atoms with van der Waals surface area (Å²) in [6.07, 6.45) is 7.65. The van der Waals surface area contributed by atoms with Gasteiger partial charge in [0, 0.05) is 19.7 Å². The average Bonchev–Trinajstić information content (AvgIpc) is 1.63. The number of alkyl halides is 5. The molecule has 6 N–H and O–H groups in total. The summed E-state index contributed by atoms with van der Waals surface area (Å²) < 4.78 is 71.9. The average molecular weight is 1390 g/mol. The van der Waals surface area contributed by atoms with Gasteiger partial charge >= 0.3 is 18.2 Å². The van der Waals surface area contributed by atoms with E-state index in [9.17, 15) is 45.8 Å². The summed E-state index contributed by atoms with van der Waals surface area (Å²) in [6, 6.07) is 15.9. The molecule has 24 nitrogen and oxygen atoms in total. The molecule has 1 aliphatic heterocycles. The minimum Gasteiger partial charge on any atom is -0.778 e. The van der Waals surface area contributed by atoms with Crippen molar-refractivity contribution in [2.24, 2.45) is 0 Å². The second kappa shape index (κ2) is 38.6. The Kier molecular flexibility index (Phi) is 35.5. The number of carbonyl (C=O) groups excluding carboxylic acids is 2. The van der Waals surface area contributed by atoms with E-state index in [0.717, 1.165) is 47.8 Å². The minimum absolute atomic E-state index is 0.0223. The van der Waals surface area contributed by atoms with E-state index in [1.165, 1.54) is 13.0 Å². The fourth-order valence-corrected chi connectivity index (χ4v) is 9.14. The molecule has 5 aromatic rings. The number of nitrogens with zero attached hydrogens (tertiary/aromatic N) is 8. The van der Waals surface area contributed by atoms with Crippen LogP contribution in [0.1, 0.15) is 65.0 Å². The van der Waals surface area contributed by atoms with Crippen LogP contribution >= 0.6 is 77.2 Å². The molecule has 2 aromatic heterocycles. The van der Waals surface area contributed by atoms with Gasteiger partial charge in [-0.15, -0.1) is 16.7 Å². The summed E-state index contributed by atoms with van der Waals surface area (Å²) in [5, 5.41) is 19.8. The summed E-state index contributed by atoms with van der Waals surface area (Å²) in [5.74, 6) is -0.149. The van der Waals surface area contributed by atoms with Crippen LogP contribution in [0.4, 0.5) is 37.7 Å². The number of anilines is 5. The van der Waals surface area contributed by atoms with Crippen molar-refractivity contribution in [3.63, 3.8) is 0 Å². The Hall–Kier alpha value is -4.81. The SMILES string of the molecule is CC1COc2ccccc2N1C(=O)C(Cl)Cl.CCNc1nc(Cl)nc(NC(C)C)n1.CCc1cccc(C)c1N(C(=O)CCl)C(C)COC.C[S+](C)C.Cc1nn(-c2cc(NS(C)(=O)=O)c(Cl)cc2Cl)c(=O)n1C(F)F.O=C(O)CNCP(=O)([O-])O. The van der Waals surface area contributed by atoms with Crippen LogP contribution in [0.3, 0.4) is 0 Å². The zero-order valence-electron chi connectivity index (χ0n) is 49.4. The number of hydrogen-bond acceptors (Lipinski definition) is 17. The van der Waals surface area contributed by atoms with Crippen molar-refractivity contribution in [1.82, 2.24) is 34.6 Å². The number of nitrogens with one attached hydrogen (secondary N) is 4. The number of aryl methyl sites for hydroxylation is 3. The predicted octanol–water partition coefficient (Wildman–Crippen LogP) is 8.62. The van der Waals surface area contributed by atoms with Gasteiger partial charge in [-0.2, -0.15) is 28.4 Å². The molecule has 3 heterocycles. The van der Waals surface area contributed by atoms with E-state index < -0.39 is 53.5 Å². The van der Waals surface area contributed by atoms with E-state index in [1.807, 2.05) is 83.3 Å². The molecule has 2 amide bonds. The molecule has 35 heteroatoms. The third-order valence-electron chi connectivity index (χ3n) is 10.3. The number of sulfonamides is 1. The van der Waals surface area contributed by atoms with E-state index in [4.69, 9.17) is 89.1 Å². The normalized spacial score (nSPS) is 13.5. The number of ether oxygens (including phenoxy) is 2. The zero-order chi connectivity index (χ0) is 66.0. The van der Waals surface area contributed by atoms with Crippen molar-refractivity contribution in [2.45, 2.75) is 91.3 Å². The predicted molar refractivity (Wildman–Crippen MR) is 340 cm³/mol. The Morgan fingerprint density at radius 3 is 2.08 bits per heavy atom. The number of aromatic nitrogens is 6. The molecule has 0 saturated carbocycles. The topological polar surface area (TPSA) is 317 Å². The van der Waals surface area contributed by atoms with E-state index >= 15 is 0 Å². The lowest BCUT2D eigenvalue weighted by molar-refractivity contribution is -0.193. The number of carbonyl (C=O) groups is 3. The maximum Gasteiger partial charge on any atom is 0.355 e. The van der Waals surface area contributed by atoms with Gasteiger partial charge in [-0.05, 0) is 113 Å². The molecule has 0 saturated heterocycles. The fraction of sp³-hybridized carbons (Fsp3) is 0.490.